The number of hydrogen-bond acceptors (Lipinski definition) is 3. The number of hydrogen-bond donors (Lipinski definition) is 3. The summed E-state index contributed by atoms with van der Waals surface area (Å²) in [5.74, 6) is -1.19. The van der Waals surface area contributed by atoms with Gasteiger partial charge >= 0.3 is 5.97 Å². The van der Waals surface area contributed by atoms with Crippen molar-refractivity contribution in [1.29, 1.82) is 0 Å². The first-order valence-corrected chi connectivity index (χ1v) is 5.97. The highest BCUT2D eigenvalue weighted by molar-refractivity contribution is 5.73. The van der Waals surface area contributed by atoms with E-state index in [1.807, 2.05) is 12.2 Å². The lowest BCUT2D eigenvalue weighted by atomic mass is 10.1. The molecule has 17 heavy (non-hydrogen) atoms. The summed E-state index contributed by atoms with van der Waals surface area (Å²) in [5, 5.41) is 17.9. The van der Waals surface area contributed by atoms with Crippen LogP contribution in [0.2, 0.25) is 0 Å². The summed E-state index contributed by atoms with van der Waals surface area (Å²) in [7, 11) is 0. The number of aliphatic hydroxyl groups excluding tert-OH is 1. The average molecular weight is 247 g/mol. The zero-order valence-electron chi connectivity index (χ0n) is 10.0. The average Bonchev–Trinajstić information content (AvgIpc) is 2.31. The van der Waals surface area contributed by atoms with Crippen molar-refractivity contribution in [1.82, 2.24) is 0 Å². The summed E-state index contributed by atoms with van der Waals surface area (Å²) < 4.78 is 11.7. The number of nitrogens with two attached hydrogens (primary N) is 1. The van der Waals surface area contributed by atoms with Crippen molar-refractivity contribution in [2.75, 3.05) is 6.67 Å². The number of halogens is 1. The van der Waals surface area contributed by atoms with Gasteiger partial charge in [-0.25, -0.2) is 0 Å². The minimum atomic E-state index is -1.21. The van der Waals surface area contributed by atoms with Crippen LogP contribution >= 0.6 is 0 Å². The lowest BCUT2D eigenvalue weighted by Crippen LogP contribution is -2.41. The van der Waals surface area contributed by atoms with Crippen LogP contribution in [0.25, 0.3) is 0 Å². The number of carbonyl (C=O) groups is 1. The van der Waals surface area contributed by atoms with Gasteiger partial charge in [0.1, 0.15) is 6.04 Å². The Labute approximate surface area is 101 Å². The standard InChI is InChI=1S/C12H22FNO3/c13-9-7-5-3-1-2-4-6-8-10(15)11(14)12(16)17/h2,4,10-11,15H,1,3,5-9,14H2,(H,16,17)/b4-2+. The fraction of sp³-hybridized carbons (Fsp3) is 0.750. The molecule has 0 amide bonds. The third-order valence-corrected chi connectivity index (χ3v) is 2.50. The summed E-state index contributed by atoms with van der Waals surface area (Å²) in [6.07, 6.45) is 7.14. The van der Waals surface area contributed by atoms with Gasteiger partial charge in [-0.3, -0.25) is 9.18 Å². The molecule has 4 N–H and O–H groups in total. The van der Waals surface area contributed by atoms with Crippen molar-refractivity contribution >= 4 is 5.97 Å². The quantitative estimate of drug-likeness (QED) is 0.404. The normalized spacial score (nSPS) is 15.0. The first kappa shape index (κ1) is 16.1. The van der Waals surface area contributed by atoms with Gasteiger partial charge in [0.15, 0.2) is 0 Å². The van der Waals surface area contributed by atoms with Gasteiger partial charge in [-0.05, 0) is 32.1 Å². The van der Waals surface area contributed by atoms with Gasteiger partial charge in [-0.2, -0.15) is 0 Å². The largest absolute Gasteiger partial charge is 0.480 e. The second-order valence-corrected chi connectivity index (χ2v) is 4.02. The summed E-state index contributed by atoms with van der Waals surface area (Å²) in [6.45, 7) is -0.261. The minimum Gasteiger partial charge on any atom is -0.480 e. The maximum absolute atomic E-state index is 11.7. The summed E-state index contributed by atoms with van der Waals surface area (Å²) in [6, 6.07) is -1.21. The van der Waals surface area contributed by atoms with E-state index < -0.39 is 18.1 Å². The predicted octanol–water partition coefficient (Wildman–Crippen LogP) is 1.63. The highest BCUT2D eigenvalue weighted by Gasteiger charge is 2.20. The number of alkyl halides is 1. The fourth-order valence-electron chi connectivity index (χ4n) is 1.38. The van der Waals surface area contributed by atoms with E-state index in [-0.39, 0.29) is 6.67 Å². The monoisotopic (exact) mass is 247 g/mol. The number of carboxylic acid groups (broad SMARTS) is 1. The van der Waals surface area contributed by atoms with E-state index in [4.69, 9.17) is 10.8 Å². The molecule has 0 fully saturated rings. The smallest absolute Gasteiger partial charge is 0.323 e. The van der Waals surface area contributed by atoms with Gasteiger partial charge in [-0.15, -0.1) is 0 Å². The molecule has 0 aliphatic carbocycles. The zero-order valence-corrected chi connectivity index (χ0v) is 10.0. The van der Waals surface area contributed by atoms with Crippen molar-refractivity contribution in [3.05, 3.63) is 12.2 Å². The van der Waals surface area contributed by atoms with Crippen LogP contribution in [-0.2, 0) is 4.79 Å². The second kappa shape index (κ2) is 10.2. The van der Waals surface area contributed by atoms with Crippen molar-refractivity contribution < 1.29 is 19.4 Å². The van der Waals surface area contributed by atoms with E-state index >= 15 is 0 Å². The molecule has 5 heteroatoms. The molecule has 0 radical (unpaired) electrons. The van der Waals surface area contributed by atoms with Crippen LogP contribution in [0.4, 0.5) is 4.39 Å². The van der Waals surface area contributed by atoms with E-state index in [1.165, 1.54) is 0 Å². The Morgan fingerprint density at radius 3 is 2.47 bits per heavy atom. The first-order valence-electron chi connectivity index (χ1n) is 5.97. The number of allylic oxidation sites excluding steroid dienone is 2. The molecular formula is C12H22FNO3. The highest BCUT2D eigenvalue weighted by Crippen LogP contribution is 2.05. The molecule has 2 atom stereocenters. The van der Waals surface area contributed by atoms with Gasteiger partial charge in [0.05, 0.1) is 12.8 Å². The number of rotatable bonds is 10. The van der Waals surface area contributed by atoms with Crippen LogP contribution < -0.4 is 5.73 Å². The van der Waals surface area contributed by atoms with Gasteiger partial charge in [0.25, 0.3) is 0 Å². The molecule has 2 unspecified atom stereocenters. The number of aliphatic carboxylic acids is 1. The van der Waals surface area contributed by atoms with Crippen molar-refractivity contribution in [2.24, 2.45) is 5.73 Å². The van der Waals surface area contributed by atoms with Gasteiger partial charge in [0.2, 0.25) is 0 Å². The molecule has 0 aromatic heterocycles. The van der Waals surface area contributed by atoms with Gasteiger partial charge in [-0.1, -0.05) is 18.6 Å². The van der Waals surface area contributed by atoms with Crippen LogP contribution in [0.3, 0.4) is 0 Å². The lowest BCUT2D eigenvalue weighted by Gasteiger charge is -2.13. The molecule has 0 spiro atoms. The Bertz CT molecular complexity index is 234. The Hall–Kier alpha value is -0.940. The summed E-state index contributed by atoms with van der Waals surface area (Å²) in [5.41, 5.74) is 5.25. The molecule has 0 saturated heterocycles. The lowest BCUT2D eigenvalue weighted by molar-refractivity contribution is -0.141. The molecule has 0 aromatic rings. The van der Waals surface area contributed by atoms with Gasteiger partial charge in [0, 0.05) is 0 Å². The summed E-state index contributed by atoms with van der Waals surface area (Å²) in [4.78, 5) is 10.4. The summed E-state index contributed by atoms with van der Waals surface area (Å²) >= 11 is 0. The molecule has 0 heterocycles. The van der Waals surface area contributed by atoms with Crippen LogP contribution in [0.15, 0.2) is 12.2 Å². The Morgan fingerprint density at radius 1 is 1.24 bits per heavy atom. The van der Waals surface area contributed by atoms with Crippen LogP contribution in [0, 0.1) is 0 Å². The fourth-order valence-corrected chi connectivity index (χ4v) is 1.38. The number of aliphatic hydroxyl groups is 1. The van der Waals surface area contributed by atoms with Crippen molar-refractivity contribution in [2.45, 2.75) is 50.7 Å². The topological polar surface area (TPSA) is 83.6 Å². The van der Waals surface area contributed by atoms with Crippen LogP contribution in [0.5, 0.6) is 0 Å². The van der Waals surface area contributed by atoms with E-state index in [9.17, 15) is 14.3 Å². The van der Waals surface area contributed by atoms with E-state index in [0.717, 1.165) is 19.3 Å². The third-order valence-electron chi connectivity index (χ3n) is 2.50. The number of carboxylic acids is 1. The molecular weight excluding hydrogens is 225 g/mol. The highest BCUT2D eigenvalue weighted by atomic mass is 19.1. The van der Waals surface area contributed by atoms with E-state index in [0.29, 0.717) is 19.3 Å². The Morgan fingerprint density at radius 2 is 1.88 bits per heavy atom. The van der Waals surface area contributed by atoms with Gasteiger partial charge < -0.3 is 15.9 Å². The van der Waals surface area contributed by atoms with Crippen LogP contribution in [0.1, 0.15) is 38.5 Å². The molecule has 100 valence electrons. The maximum atomic E-state index is 11.7. The number of unbranched alkanes of at least 4 members (excludes halogenated alkanes) is 3. The first-order chi connectivity index (χ1) is 8.09. The molecule has 0 rings (SSSR count). The Balaban J connectivity index is 3.49. The molecule has 0 aliphatic heterocycles. The van der Waals surface area contributed by atoms with Crippen molar-refractivity contribution in [3.63, 3.8) is 0 Å². The zero-order chi connectivity index (χ0) is 13.1. The Kier molecular flexibility index (Phi) is 9.66. The molecule has 0 aromatic carbocycles. The van der Waals surface area contributed by atoms with E-state index in [2.05, 4.69) is 0 Å². The van der Waals surface area contributed by atoms with E-state index in [1.54, 1.807) is 0 Å². The van der Waals surface area contributed by atoms with Crippen LogP contribution in [-0.4, -0.2) is 35.0 Å². The van der Waals surface area contributed by atoms with Crippen molar-refractivity contribution in [3.8, 4) is 0 Å². The predicted molar refractivity (Wildman–Crippen MR) is 64.4 cm³/mol. The minimum absolute atomic E-state index is 0.261. The SMILES string of the molecule is NC(C(=O)O)C(O)CC/C=C/CCCCCF. The maximum Gasteiger partial charge on any atom is 0.323 e. The third kappa shape index (κ3) is 8.83. The molecule has 0 saturated carbocycles. The molecule has 0 bridgehead atoms. The second-order valence-electron chi connectivity index (χ2n) is 4.02. The molecule has 4 nitrogen and oxygen atoms in total. The molecule has 0 aliphatic rings.